The molecule has 1 aliphatic heterocycles. The number of halogens is 1. The van der Waals surface area contributed by atoms with E-state index in [2.05, 4.69) is 74.5 Å². The van der Waals surface area contributed by atoms with Gasteiger partial charge < -0.3 is 20.1 Å². The maximum absolute atomic E-state index is 4.77. The maximum Gasteiger partial charge on any atom is 0.191 e. The molecule has 0 aliphatic carbocycles. The van der Waals surface area contributed by atoms with Crippen LogP contribution in [0.5, 0.6) is 0 Å². The first-order valence-electron chi connectivity index (χ1n) is 12.0. The zero-order chi connectivity index (χ0) is 21.7. The van der Waals surface area contributed by atoms with E-state index in [1.54, 1.807) is 0 Å². The third kappa shape index (κ3) is 8.26. The number of anilines is 1. The Kier molecular flexibility index (Phi) is 12.4. The van der Waals surface area contributed by atoms with Crippen LogP contribution in [0.3, 0.4) is 0 Å². The molecular weight excluding hydrogens is 513 g/mol. The molecule has 1 aromatic carbocycles. The summed E-state index contributed by atoms with van der Waals surface area (Å²) in [7, 11) is 0. The fourth-order valence-electron chi connectivity index (χ4n) is 4.09. The Morgan fingerprint density at radius 1 is 1.06 bits per heavy atom. The van der Waals surface area contributed by atoms with Crippen LogP contribution in [0.2, 0.25) is 0 Å². The van der Waals surface area contributed by atoms with E-state index < -0.39 is 0 Å². The summed E-state index contributed by atoms with van der Waals surface area (Å²) in [6, 6.07) is 10.6. The van der Waals surface area contributed by atoms with Gasteiger partial charge in [0.2, 0.25) is 0 Å². The number of hydrogen-bond acceptors (Lipinski definition) is 4. The van der Waals surface area contributed by atoms with E-state index in [1.807, 2.05) is 0 Å². The lowest BCUT2D eigenvalue weighted by Gasteiger charge is -2.22. The van der Waals surface area contributed by atoms with E-state index in [0.29, 0.717) is 0 Å². The van der Waals surface area contributed by atoms with Crippen molar-refractivity contribution in [2.75, 3.05) is 37.6 Å². The second-order valence-corrected chi connectivity index (χ2v) is 8.05. The van der Waals surface area contributed by atoms with Crippen LogP contribution in [-0.2, 0) is 19.4 Å². The van der Waals surface area contributed by atoms with Crippen molar-refractivity contribution in [1.82, 2.24) is 25.4 Å². The lowest BCUT2D eigenvalue weighted by molar-refractivity contribution is 0.593. The first kappa shape index (κ1) is 26.4. The third-order valence-corrected chi connectivity index (χ3v) is 5.76. The number of fused-ring (bicyclic) bond motifs is 1. The summed E-state index contributed by atoms with van der Waals surface area (Å²) in [6.45, 7) is 9.99. The Hall–Kier alpha value is -1.84. The Labute approximate surface area is 210 Å². The second-order valence-electron chi connectivity index (χ2n) is 8.05. The first-order valence-corrected chi connectivity index (χ1v) is 12.0. The summed E-state index contributed by atoms with van der Waals surface area (Å²) in [6.07, 6.45) is 7.88. The van der Waals surface area contributed by atoms with Gasteiger partial charge in [-0.25, -0.2) is 0 Å². The number of aromatic nitrogens is 3. The number of hydrogen-bond donors (Lipinski definition) is 2. The van der Waals surface area contributed by atoms with Crippen molar-refractivity contribution < 1.29 is 0 Å². The molecule has 0 spiro atoms. The zero-order valence-corrected chi connectivity index (χ0v) is 22.1. The predicted molar refractivity (Wildman–Crippen MR) is 144 cm³/mol. The van der Waals surface area contributed by atoms with Gasteiger partial charge in [0, 0.05) is 57.8 Å². The molecule has 0 saturated heterocycles. The molecule has 178 valence electrons. The Morgan fingerprint density at radius 3 is 2.69 bits per heavy atom. The normalized spacial score (nSPS) is 13.6. The molecular formula is C24H40IN7. The highest BCUT2D eigenvalue weighted by atomic mass is 127. The number of para-hydroxylation sites is 1. The largest absolute Gasteiger partial charge is 0.372 e. The number of benzene rings is 1. The summed E-state index contributed by atoms with van der Waals surface area (Å²) in [5, 5.41) is 15.7. The summed E-state index contributed by atoms with van der Waals surface area (Å²) >= 11 is 0. The molecule has 0 unspecified atom stereocenters. The van der Waals surface area contributed by atoms with Gasteiger partial charge in [0.25, 0.3) is 0 Å². The van der Waals surface area contributed by atoms with E-state index in [1.165, 1.54) is 30.8 Å². The van der Waals surface area contributed by atoms with Gasteiger partial charge in [-0.15, -0.1) is 34.2 Å². The lowest BCUT2D eigenvalue weighted by atomic mass is 10.2. The molecule has 2 heterocycles. The van der Waals surface area contributed by atoms with Gasteiger partial charge in [0.05, 0.1) is 0 Å². The van der Waals surface area contributed by atoms with E-state index in [4.69, 9.17) is 4.99 Å². The SMILES string of the molecule is CCNC(=NCCCN(CC)c1ccccc1)NCCCc1nnc2n1CCCCC2.I. The molecule has 3 rings (SSSR count). The van der Waals surface area contributed by atoms with Crippen molar-refractivity contribution in [3.63, 3.8) is 0 Å². The van der Waals surface area contributed by atoms with Crippen molar-refractivity contribution in [3.05, 3.63) is 42.0 Å². The highest BCUT2D eigenvalue weighted by Gasteiger charge is 2.14. The molecule has 0 bridgehead atoms. The quantitative estimate of drug-likeness (QED) is 0.190. The van der Waals surface area contributed by atoms with Gasteiger partial charge in [-0.3, -0.25) is 4.99 Å². The second kappa shape index (κ2) is 15.1. The molecule has 0 saturated carbocycles. The number of guanidine groups is 1. The van der Waals surface area contributed by atoms with Crippen molar-refractivity contribution in [2.45, 2.75) is 65.3 Å². The molecule has 0 atom stereocenters. The molecule has 1 aromatic heterocycles. The molecule has 7 nitrogen and oxygen atoms in total. The molecule has 0 amide bonds. The summed E-state index contributed by atoms with van der Waals surface area (Å²) in [5.74, 6) is 3.22. The van der Waals surface area contributed by atoms with Crippen LogP contribution in [0, 0.1) is 0 Å². The first-order chi connectivity index (χ1) is 15.3. The number of nitrogens with one attached hydrogen (secondary N) is 2. The maximum atomic E-state index is 4.77. The highest BCUT2D eigenvalue weighted by molar-refractivity contribution is 14.0. The van der Waals surface area contributed by atoms with Gasteiger partial charge in [-0.1, -0.05) is 24.6 Å². The Bertz CT molecular complexity index is 791. The topological polar surface area (TPSA) is 70.4 Å². The minimum atomic E-state index is 0. The van der Waals surface area contributed by atoms with Crippen molar-refractivity contribution in [3.8, 4) is 0 Å². The monoisotopic (exact) mass is 553 g/mol. The van der Waals surface area contributed by atoms with Gasteiger partial charge in [-0.05, 0) is 51.7 Å². The van der Waals surface area contributed by atoms with Crippen molar-refractivity contribution in [1.29, 1.82) is 0 Å². The van der Waals surface area contributed by atoms with Crippen LogP contribution in [0.25, 0.3) is 0 Å². The Balaban J connectivity index is 0.00000363. The average Bonchev–Trinajstić information content (AvgIpc) is 3.02. The van der Waals surface area contributed by atoms with Crippen LogP contribution >= 0.6 is 24.0 Å². The lowest BCUT2D eigenvalue weighted by Crippen LogP contribution is -2.38. The summed E-state index contributed by atoms with van der Waals surface area (Å²) in [4.78, 5) is 7.17. The zero-order valence-electron chi connectivity index (χ0n) is 19.7. The minimum absolute atomic E-state index is 0. The average molecular weight is 554 g/mol. The van der Waals surface area contributed by atoms with Gasteiger partial charge >= 0.3 is 0 Å². The number of nitrogens with zero attached hydrogens (tertiary/aromatic N) is 5. The van der Waals surface area contributed by atoms with E-state index in [-0.39, 0.29) is 24.0 Å². The van der Waals surface area contributed by atoms with Gasteiger partial charge in [0.1, 0.15) is 11.6 Å². The van der Waals surface area contributed by atoms with Crippen LogP contribution in [0.15, 0.2) is 35.3 Å². The van der Waals surface area contributed by atoms with Crippen LogP contribution < -0.4 is 15.5 Å². The van der Waals surface area contributed by atoms with Crippen LogP contribution in [0.1, 0.15) is 57.6 Å². The highest BCUT2D eigenvalue weighted by Crippen LogP contribution is 2.15. The van der Waals surface area contributed by atoms with Gasteiger partial charge in [-0.2, -0.15) is 0 Å². The molecule has 0 radical (unpaired) electrons. The minimum Gasteiger partial charge on any atom is -0.372 e. The summed E-state index contributed by atoms with van der Waals surface area (Å²) in [5.41, 5.74) is 1.28. The van der Waals surface area contributed by atoms with Gasteiger partial charge in [0.15, 0.2) is 5.96 Å². The smallest absolute Gasteiger partial charge is 0.191 e. The number of aliphatic imine (C=N–C) groups is 1. The Morgan fingerprint density at radius 2 is 1.91 bits per heavy atom. The molecule has 1 aliphatic rings. The van der Waals surface area contributed by atoms with E-state index in [0.717, 1.165) is 76.7 Å². The molecule has 32 heavy (non-hydrogen) atoms. The molecule has 2 aromatic rings. The molecule has 2 N–H and O–H groups in total. The van der Waals surface area contributed by atoms with Crippen molar-refractivity contribution in [2.24, 2.45) is 4.99 Å². The standard InChI is InChI=1S/C24H39N7.HI/c1-3-25-24(27-18-12-19-30(4-2)21-13-7-5-8-14-21)26-17-11-16-23-29-28-22-15-9-6-10-20-31(22)23;/h5,7-8,13-14H,3-4,6,9-12,15-20H2,1-2H3,(H2,25,26,27);1H. The summed E-state index contributed by atoms with van der Waals surface area (Å²) < 4.78 is 2.35. The fourth-order valence-corrected chi connectivity index (χ4v) is 4.09. The molecule has 0 fully saturated rings. The molecule has 8 heteroatoms. The van der Waals surface area contributed by atoms with E-state index in [9.17, 15) is 0 Å². The van der Waals surface area contributed by atoms with E-state index >= 15 is 0 Å². The van der Waals surface area contributed by atoms with Crippen LogP contribution in [0.4, 0.5) is 5.69 Å². The number of aryl methyl sites for hydroxylation is 2. The van der Waals surface area contributed by atoms with Crippen molar-refractivity contribution >= 4 is 35.6 Å². The fraction of sp³-hybridized carbons (Fsp3) is 0.625. The number of rotatable bonds is 11. The van der Waals surface area contributed by atoms with Crippen LogP contribution in [-0.4, -0.2) is 53.4 Å². The third-order valence-electron chi connectivity index (χ3n) is 5.76. The predicted octanol–water partition coefficient (Wildman–Crippen LogP) is 4.03.